The Morgan fingerprint density at radius 2 is 2.03 bits per heavy atom. The summed E-state index contributed by atoms with van der Waals surface area (Å²) in [5.41, 5.74) is 3.76. The molecule has 164 valence electrons. The highest BCUT2D eigenvalue weighted by molar-refractivity contribution is 7.98. The summed E-state index contributed by atoms with van der Waals surface area (Å²) >= 11 is 1.59. The molecule has 1 aromatic carbocycles. The minimum absolute atomic E-state index is 0.0456. The SMILES string of the molecule is CSc1ccccc1C(=O)N1CC=C(c2cc(NC(=O)C3CC3)nc3[nH]ccc23)C(C)C1. The maximum atomic E-state index is 13.2. The molecule has 3 aromatic rings. The van der Waals surface area contributed by atoms with E-state index in [2.05, 4.69) is 28.3 Å². The number of aromatic amines is 1. The average Bonchev–Trinajstić information content (AvgIpc) is 3.56. The lowest BCUT2D eigenvalue weighted by Crippen LogP contribution is -2.38. The monoisotopic (exact) mass is 446 g/mol. The van der Waals surface area contributed by atoms with Crippen LogP contribution >= 0.6 is 11.8 Å². The van der Waals surface area contributed by atoms with Gasteiger partial charge in [0.1, 0.15) is 11.5 Å². The molecular weight excluding hydrogens is 420 g/mol. The summed E-state index contributed by atoms with van der Waals surface area (Å²) in [5.74, 6) is 0.963. The van der Waals surface area contributed by atoms with Gasteiger partial charge in [0.2, 0.25) is 5.91 Å². The van der Waals surface area contributed by atoms with Gasteiger partial charge in [-0.25, -0.2) is 4.98 Å². The van der Waals surface area contributed by atoms with Crippen LogP contribution in [-0.4, -0.2) is 46.0 Å². The van der Waals surface area contributed by atoms with Gasteiger partial charge in [0.05, 0.1) is 5.56 Å². The number of hydrogen-bond donors (Lipinski definition) is 2. The van der Waals surface area contributed by atoms with Gasteiger partial charge in [0.15, 0.2) is 0 Å². The lowest BCUT2D eigenvalue weighted by atomic mass is 9.89. The molecule has 0 radical (unpaired) electrons. The van der Waals surface area contributed by atoms with E-state index >= 15 is 0 Å². The Balaban J connectivity index is 1.44. The van der Waals surface area contributed by atoms with E-state index in [1.165, 1.54) is 5.57 Å². The predicted octanol–water partition coefficient (Wildman–Crippen LogP) is 4.81. The van der Waals surface area contributed by atoms with E-state index in [-0.39, 0.29) is 23.7 Å². The average molecular weight is 447 g/mol. The third kappa shape index (κ3) is 3.93. The summed E-state index contributed by atoms with van der Waals surface area (Å²) in [5, 5.41) is 4.00. The molecule has 2 aromatic heterocycles. The molecular formula is C25H26N4O2S. The Morgan fingerprint density at radius 3 is 2.78 bits per heavy atom. The Hall–Kier alpha value is -3.06. The van der Waals surface area contributed by atoms with Crippen LogP contribution in [0.4, 0.5) is 5.82 Å². The van der Waals surface area contributed by atoms with Crippen LogP contribution in [0.5, 0.6) is 0 Å². The van der Waals surface area contributed by atoms with Crippen LogP contribution in [0.25, 0.3) is 16.6 Å². The number of nitrogens with zero attached hydrogens (tertiary/aromatic N) is 2. The highest BCUT2D eigenvalue weighted by Gasteiger charge is 2.31. The molecule has 2 aliphatic rings. The second-order valence-corrected chi connectivity index (χ2v) is 9.38. The van der Waals surface area contributed by atoms with Gasteiger partial charge in [0, 0.05) is 35.5 Å². The molecule has 0 bridgehead atoms. The standard InChI is InChI=1S/C25H26N4O2S/c1-15-14-29(25(31)19-5-3-4-6-21(19)32-2)12-10-17(15)20-13-22(28-24(30)16-7-8-16)27-23-18(20)9-11-26-23/h3-6,9-11,13,15-16H,7-8,12,14H2,1-2H3,(H2,26,27,28,30). The number of fused-ring (bicyclic) bond motifs is 1. The first-order valence-electron chi connectivity index (χ1n) is 11.0. The van der Waals surface area contributed by atoms with Crippen LogP contribution < -0.4 is 5.32 Å². The molecule has 6 nitrogen and oxygen atoms in total. The van der Waals surface area contributed by atoms with Gasteiger partial charge in [-0.15, -0.1) is 11.8 Å². The molecule has 1 saturated carbocycles. The predicted molar refractivity (Wildman–Crippen MR) is 129 cm³/mol. The van der Waals surface area contributed by atoms with Crippen molar-refractivity contribution in [3.05, 3.63) is 59.8 Å². The van der Waals surface area contributed by atoms with Crippen molar-refractivity contribution < 1.29 is 9.59 Å². The van der Waals surface area contributed by atoms with E-state index in [1.54, 1.807) is 11.8 Å². The van der Waals surface area contributed by atoms with Crippen molar-refractivity contribution >= 4 is 46.0 Å². The molecule has 2 amide bonds. The molecule has 1 fully saturated rings. The number of thioether (sulfide) groups is 1. The van der Waals surface area contributed by atoms with E-state index < -0.39 is 0 Å². The smallest absolute Gasteiger partial charge is 0.255 e. The second kappa shape index (κ2) is 8.47. The van der Waals surface area contributed by atoms with Crippen molar-refractivity contribution in [1.29, 1.82) is 0 Å². The van der Waals surface area contributed by atoms with Crippen molar-refractivity contribution in [1.82, 2.24) is 14.9 Å². The summed E-state index contributed by atoms with van der Waals surface area (Å²) in [6.45, 7) is 3.34. The fraction of sp³-hybridized carbons (Fsp3) is 0.320. The van der Waals surface area contributed by atoms with Gasteiger partial charge in [-0.3, -0.25) is 9.59 Å². The molecule has 0 spiro atoms. The molecule has 1 aliphatic heterocycles. The highest BCUT2D eigenvalue weighted by atomic mass is 32.2. The first-order chi connectivity index (χ1) is 15.5. The number of hydrogen-bond acceptors (Lipinski definition) is 4. The van der Waals surface area contributed by atoms with Crippen LogP contribution in [0.1, 0.15) is 35.7 Å². The van der Waals surface area contributed by atoms with Gasteiger partial charge in [-0.2, -0.15) is 0 Å². The molecule has 3 heterocycles. The number of rotatable bonds is 5. The van der Waals surface area contributed by atoms with Gasteiger partial charge in [-0.1, -0.05) is 25.1 Å². The molecule has 32 heavy (non-hydrogen) atoms. The van der Waals surface area contributed by atoms with Crippen molar-refractivity contribution in [3.8, 4) is 0 Å². The number of H-pyrrole nitrogens is 1. The number of carbonyl (C=O) groups excluding carboxylic acids is 2. The quantitative estimate of drug-likeness (QED) is 0.552. The molecule has 0 saturated heterocycles. The third-order valence-corrected chi connectivity index (χ3v) is 7.02. The maximum absolute atomic E-state index is 13.2. The van der Waals surface area contributed by atoms with E-state index in [9.17, 15) is 9.59 Å². The molecule has 1 aliphatic carbocycles. The largest absolute Gasteiger partial charge is 0.346 e. The van der Waals surface area contributed by atoms with Crippen molar-refractivity contribution in [2.24, 2.45) is 11.8 Å². The lowest BCUT2D eigenvalue weighted by Gasteiger charge is -2.32. The molecule has 5 rings (SSSR count). The summed E-state index contributed by atoms with van der Waals surface area (Å²) in [7, 11) is 0. The Bertz CT molecular complexity index is 1230. The zero-order chi connectivity index (χ0) is 22.2. The summed E-state index contributed by atoms with van der Waals surface area (Å²) < 4.78 is 0. The summed E-state index contributed by atoms with van der Waals surface area (Å²) in [6, 6.07) is 11.8. The minimum Gasteiger partial charge on any atom is -0.346 e. The number of aromatic nitrogens is 2. The summed E-state index contributed by atoms with van der Waals surface area (Å²) in [4.78, 5) is 36.2. The van der Waals surface area contributed by atoms with Crippen LogP contribution in [0, 0.1) is 11.8 Å². The molecule has 7 heteroatoms. The number of carbonyl (C=O) groups is 2. The zero-order valence-electron chi connectivity index (χ0n) is 18.2. The van der Waals surface area contributed by atoms with Crippen LogP contribution in [0.15, 0.2) is 53.6 Å². The minimum atomic E-state index is 0.0456. The van der Waals surface area contributed by atoms with Crippen LogP contribution in [0.3, 0.4) is 0 Å². The van der Waals surface area contributed by atoms with Crippen LogP contribution in [0.2, 0.25) is 0 Å². The second-order valence-electron chi connectivity index (χ2n) is 8.53. The van der Waals surface area contributed by atoms with Crippen molar-refractivity contribution in [2.75, 3.05) is 24.7 Å². The van der Waals surface area contributed by atoms with E-state index in [4.69, 9.17) is 0 Å². The van der Waals surface area contributed by atoms with E-state index in [0.29, 0.717) is 18.9 Å². The maximum Gasteiger partial charge on any atom is 0.255 e. The topological polar surface area (TPSA) is 78.1 Å². The van der Waals surface area contributed by atoms with Gasteiger partial charge >= 0.3 is 0 Å². The van der Waals surface area contributed by atoms with Crippen LogP contribution in [-0.2, 0) is 4.79 Å². The Morgan fingerprint density at radius 1 is 1.22 bits per heavy atom. The van der Waals surface area contributed by atoms with Crippen molar-refractivity contribution in [3.63, 3.8) is 0 Å². The van der Waals surface area contributed by atoms with Gasteiger partial charge in [-0.05, 0) is 60.4 Å². The first kappa shape index (κ1) is 20.8. The fourth-order valence-electron chi connectivity index (χ4n) is 4.36. The third-order valence-electron chi connectivity index (χ3n) is 6.22. The Kier molecular flexibility index (Phi) is 5.51. The van der Waals surface area contributed by atoms with Gasteiger partial charge < -0.3 is 15.2 Å². The van der Waals surface area contributed by atoms with Crippen molar-refractivity contribution in [2.45, 2.75) is 24.7 Å². The first-order valence-corrected chi connectivity index (χ1v) is 12.2. The summed E-state index contributed by atoms with van der Waals surface area (Å²) in [6.07, 6.45) is 7.91. The molecule has 1 atom stereocenters. The number of amides is 2. The molecule has 2 N–H and O–H groups in total. The lowest BCUT2D eigenvalue weighted by molar-refractivity contribution is -0.117. The number of nitrogens with one attached hydrogen (secondary N) is 2. The fourth-order valence-corrected chi connectivity index (χ4v) is 4.95. The molecule has 1 unspecified atom stereocenters. The normalized spacial score (nSPS) is 18.5. The number of benzene rings is 1. The zero-order valence-corrected chi connectivity index (χ0v) is 19.0. The number of pyridine rings is 1. The van der Waals surface area contributed by atoms with E-state index in [0.717, 1.165) is 39.9 Å². The number of anilines is 1. The highest BCUT2D eigenvalue weighted by Crippen LogP contribution is 2.35. The Labute approximate surface area is 191 Å². The van der Waals surface area contributed by atoms with E-state index in [1.807, 2.05) is 53.8 Å². The van der Waals surface area contributed by atoms with Gasteiger partial charge in [0.25, 0.3) is 5.91 Å².